The first kappa shape index (κ1) is 9.86. The van der Waals surface area contributed by atoms with E-state index in [1.807, 2.05) is 16.7 Å². The van der Waals surface area contributed by atoms with Crippen LogP contribution in [-0.4, -0.2) is 46.6 Å². The van der Waals surface area contributed by atoms with E-state index >= 15 is 0 Å². The Morgan fingerprint density at radius 1 is 1.50 bits per heavy atom. The molecule has 0 aromatic rings. The van der Waals surface area contributed by atoms with Gasteiger partial charge in [0.15, 0.2) is 0 Å². The molecule has 0 radical (unpaired) electrons. The van der Waals surface area contributed by atoms with Crippen molar-refractivity contribution in [2.75, 3.05) is 24.6 Å². The first-order chi connectivity index (χ1) is 5.72. The molecule has 1 heterocycles. The van der Waals surface area contributed by atoms with Gasteiger partial charge in [0.1, 0.15) is 6.04 Å². The minimum atomic E-state index is -0.707. The lowest BCUT2D eigenvalue weighted by molar-refractivity contribution is -0.142. The third-order valence-corrected chi connectivity index (χ3v) is 3.21. The highest BCUT2D eigenvalue weighted by molar-refractivity contribution is 7.99. The van der Waals surface area contributed by atoms with E-state index < -0.39 is 5.97 Å². The summed E-state index contributed by atoms with van der Waals surface area (Å²) in [4.78, 5) is 12.7. The van der Waals surface area contributed by atoms with E-state index in [1.165, 1.54) is 5.75 Å². The van der Waals surface area contributed by atoms with Crippen LogP contribution in [0, 0.1) is 0 Å². The topological polar surface area (TPSA) is 40.5 Å². The molecule has 0 saturated carbocycles. The summed E-state index contributed by atoms with van der Waals surface area (Å²) >= 11 is 1.91. The summed E-state index contributed by atoms with van der Waals surface area (Å²) in [6, 6.07) is -0.316. The Labute approximate surface area is 77.1 Å². The van der Waals surface area contributed by atoms with E-state index in [1.54, 1.807) is 6.92 Å². The summed E-state index contributed by atoms with van der Waals surface area (Å²) in [5.74, 6) is 1.53. The SMILES string of the molecule is CC(C(=O)O)N1CCCSCC1. The van der Waals surface area contributed by atoms with Crippen LogP contribution in [0.25, 0.3) is 0 Å². The molecule has 12 heavy (non-hydrogen) atoms. The van der Waals surface area contributed by atoms with Crippen molar-refractivity contribution in [1.29, 1.82) is 0 Å². The van der Waals surface area contributed by atoms with Crippen molar-refractivity contribution >= 4 is 17.7 Å². The van der Waals surface area contributed by atoms with Gasteiger partial charge in [-0.3, -0.25) is 9.69 Å². The van der Waals surface area contributed by atoms with Crippen molar-refractivity contribution in [2.24, 2.45) is 0 Å². The lowest BCUT2D eigenvalue weighted by Gasteiger charge is -2.23. The van der Waals surface area contributed by atoms with Gasteiger partial charge < -0.3 is 5.11 Å². The zero-order chi connectivity index (χ0) is 8.97. The van der Waals surface area contributed by atoms with Gasteiger partial charge in [-0.2, -0.15) is 11.8 Å². The van der Waals surface area contributed by atoms with Crippen LogP contribution in [0.2, 0.25) is 0 Å². The minimum absolute atomic E-state index is 0.316. The molecule has 0 aromatic heterocycles. The summed E-state index contributed by atoms with van der Waals surface area (Å²) in [5.41, 5.74) is 0. The standard InChI is InChI=1S/C8H15NO2S/c1-7(8(10)11)9-3-2-5-12-6-4-9/h7H,2-6H2,1H3,(H,10,11). The monoisotopic (exact) mass is 189 g/mol. The van der Waals surface area contributed by atoms with Crippen LogP contribution in [0.5, 0.6) is 0 Å². The Hall–Kier alpha value is -0.220. The van der Waals surface area contributed by atoms with Crippen molar-refractivity contribution in [2.45, 2.75) is 19.4 Å². The molecular weight excluding hydrogens is 174 g/mol. The van der Waals surface area contributed by atoms with Gasteiger partial charge >= 0.3 is 5.97 Å². The summed E-state index contributed by atoms with van der Waals surface area (Å²) in [5, 5.41) is 8.78. The molecule has 1 atom stereocenters. The zero-order valence-corrected chi connectivity index (χ0v) is 8.14. The van der Waals surface area contributed by atoms with Crippen LogP contribution < -0.4 is 0 Å². The van der Waals surface area contributed by atoms with Crippen LogP contribution in [-0.2, 0) is 4.79 Å². The first-order valence-electron chi connectivity index (χ1n) is 4.26. The molecule has 1 rings (SSSR count). The van der Waals surface area contributed by atoms with Gasteiger partial charge in [0, 0.05) is 12.3 Å². The van der Waals surface area contributed by atoms with Crippen molar-refractivity contribution in [3.63, 3.8) is 0 Å². The lowest BCUT2D eigenvalue weighted by atomic mass is 10.2. The van der Waals surface area contributed by atoms with E-state index in [4.69, 9.17) is 5.11 Å². The molecule has 1 unspecified atom stereocenters. The van der Waals surface area contributed by atoms with Crippen molar-refractivity contribution in [3.05, 3.63) is 0 Å². The fourth-order valence-corrected chi connectivity index (χ4v) is 2.21. The van der Waals surface area contributed by atoms with Crippen LogP contribution >= 0.6 is 11.8 Å². The second-order valence-electron chi connectivity index (χ2n) is 3.02. The molecule has 4 heteroatoms. The fraction of sp³-hybridized carbons (Fsp3) is 0.875. The van der Waals surface area contributed by atoms with Gasteiger partial charge in [-0.1, -0.05) is 0 Å². The fourth-order valence-electron chi connectivity index (χ4n) is 1.31. The Balaban J connectivity index is 2.42. The van der Waals surface area contributed by atoms with E-state index in [9.17, 15) is 4.79 Å². The van der Waals surface area contributed by atoms with Crippen LogP contribution in [0.15, 0.2) is 0 Å². The number of rotatable bonds is 2. The van der Waals surface area contributed by atoms with Gasteiger partial charge in [0.2, 0.25) is 0 Å². The summed E-state index contributed by atoms with van der Waals surface area (Å²) in [6.45, 7) is 3.61. The molecule has 1 fully saturated rings. The molecule has 0 aromatic carbocycles. The normalized spacial score (nSPS) is 23.1. The quantitative estimate of drug-likeness (QED) is 0.700. The average molecular weight is 189 g/mol. The highest BCUT2D eigenvalue weighted by Crippen LogP contribution is 2.12. The number of carbonyl (C=O) groups is 1. The van der Waals surface area contributed by atoms with Crippen molar-refractivity contribution < 1.29 is 9.90 Å². The number of nitrogens with zero attached hydrogens (tertiary/aromatic N) is 1. The number of hydrogen-bond acceptors (Lipinski definition) is 3. The molecule has 0 spiro atoms. The minimum Gasteiger partial charge on any atom is -0.480 e. The van der Waals surface area contributed by atoms with Crippen molar-refractivity contribution in [1.82, 2.24) is 4.90 Å². The Morgan fingerprint density at radius 3 is 2.92 bits per heavy atom. The maximum atomic E-state index is 10.7. The Morgan fingerprint density at radius 2 is 2.25 bits per heavy atom. The van der Waals surface area contributed by atoms with Gasteiger partial charge in [-0.25, -0.2) is 0 Å². The number of thioether (sulfide) groups is 1. The van der Waals surface area contributed by atoms with Crippen molar-refractivity contribution in [3.8, 4) is 0 Å². The van der Waals surface area contributed by atoms with Gasteiger partial charge in [0.25, 0.3) is 0 Å². The molecule has 1 aliphatic heterocycles. The molecule has 1 aliphatic rings. The Kier molecular flexibility index (Phi) is 3.88. The third-order valence-electron chi connectivity index (χ3n) is 2.16. The molecule has 1 N–H and O–H groups in total. The number of carboxylic acid groups (broad SMARTS) is 1. The van der Waals surface area contributed by atoms with Crippen LogP contribution in [0.4, 0.5) is 0 Å². The van der Waals surface area contributed by atoms with E-state index in [-0.39, 0.29) is 6.04 Å². The molecule has 3 nitrogen and oxygen atoms in total. The van der Waals surface area contributed by atoms with E-state index in [0.717, 1.165) is 25.3 Å². The predicted octanol–water partition coefficient (Wildman–Crippen LogP) is 0.898. The maximum absolute atomic E-state index is 10.7. The molecule has 0 bridgehead atoms. The van der Waals surface area contributed by atoms with Crippen LogP contribution in [0.3, 0.4) is 0 Å². The van der Waals surface area contributed by atoms with Gasteiger partial charge in [-0.15, -0.1) is 0 Å². The molecule has 70 valence electrons. The number of hydrogen-bond donors (Lipinski definition) is 1. The highest BCUT2D eigenvalue weighted by Gasteiger charge is 2.20. The largest absolute Gasteiger partial charge is 0.480 e. The van der Waals surface area contributed by atoms with Crippen LogP contribution in [0.1, 0.15) is 13.3 Å². The average Bonchev–Trinajstić information content (AvgIpc) is 2.30. The molecule has 1 saturated heterocycles. The predicted molar refractivity (Wildman–Crippen MR) is 50.6 cm³/mol. The van der Waals surface area contributed by atoms with Gasteiger partial charge in [-0.05, 0) is 25.6 Å². The first-order valence-corrected chi connectivity index (χ1v) is 5.42. The number of aliphatic carboxylic acids is 1. The zero-order valence-electron chi connectivity index (χ0n) is 7.32. The smallest absolute Gasteiger partial charge is 0.320 e. The van der Waals surface area contributed by atoms with E-state index in [2.05, 4.69) is 0 Å². The lowest BCUT2D eigenvalue weighted by Crippen LogP contribution is -2.40. The van der Waals surface area contributed by atoms with Gasteiger partial charge in [0.05, 0.1) is 0 Å². The molecule has 0 aliphatic carbocycles. The Bertz CT molecular complexity index is 155. The number of carboxylic acids is 1. The third kappa shape index (κ3) is 2.68. The molecule has 0 amide bonds. The molecular formula is C8H15NO2S. The summed E-state index contributed by atoms with van der Waals surface area (Å²) in [6.07, 6.45) is 1.11. The van der Waals surface area contributed by atoms with E-state index in [0.29, 0.717) is 0 Å². The second-order valence-corrected chi connectivity index (χ2v) is 4.24. The second kappa shape index (κ2) is 4.72. The highest BCUT2D eigenvalue weighted by atomic mass is 32.2. The summed E-state index contributed by atoms with van der Waals surface area (Å²) < 4.78 is 0. The summed E-state index contributed by atoms with van der Waals surface area (Å²) in [7, 11) is 0. The maximum Gasteiger partial charge on any atom is 0.320 e.